The fraction of sp³-hybridized carbons (Fsp3) is 0.0952. The molecule has 0 saturated carbocycles. The summed E-state index contributed by atoms with van der Waals surface area (Å²) in [6.07, 6.45) is 8.01. The van der Waals surface area contributed by atoms with Gasteiger partial charge in [0.2, 0.25) is 0 Å². The Hall–Kier alpha value is -3.09. The van der Waals surface area contributed by atoms with Crippen molar-refractivity contribution in [1.29, 1.82) is 0 Å². The summed E-state index contributed by atoms with van der Waals surface area (Å²) in [7, 11) is -1.54. The Morgan fingerprint density at radius 3 is 2.19 bits per heavy atom. The first-order valence-electron chi connectivity index (χ1n) is 8.85. The van der Waals surface area contributed by atoms with E-state index < -0.39 is 7.12 Å². The van der Waals surface area contributed by atoms with Crippen molar-refractivity contribution in [3.05, 3.63) is 78.6 Å². The average molecular weight is 355 g/mol. The lowest BCUT2D eigenvalue weighted by atomic mass is 9.79. The van der Waals surface area contributed by atoms with Crippen molar-refractivity contribution < 1.29 is 10.0 Å². The highest BCUT2D eigenvalue weighted by molar-refractivity contribution is 6.58. The zero-order valence-electron chi connectivity index (χ0n) is 14.7. The zero-order chi connectivity index (χ0) is 18.6. The second-order valence-electron chi connectivity index (χ2n) is 6.33. The molecule has 0 aliphatic heterocycles. The molecule has 132 valence electrons. The molecule has 1 aromatic heterocycles. The summed E-state index contributed by atoms with van der Waals surface area (Å²) in [6.45, 7) is 0. The van der Waals surface area contributed by atoms with Gasteiger partial charge < -0.3 is 10.0 Å². The Morgan fingerprint density at radius 2 is 1.48 bits per heavy atom. The van der Waals surface area contributed by atoms with Crippen molar-refractivity contribution in [3.63, 3.8) is 0 Å². The molecule has 0 spiro atoms. The molecule has 2 aromatic carbocycles. The smallest absolute Gasteiger partial charge is 0.423 e. The van der Waals surface area contributed by atoms with Crippen LogP contribution in [0.1, 0.15) is 18.7 Å². The van der Waals surface area contributed by atoms with E-state index in [1.165, 1.54) is 0 Å². The van der Waals surface area contributed by atoms with Crippen molar-refractivity contribution in [2.24, 2.45) is 0 Å². The summed E-state index contributed by atoms with van der Waals surface area (Å²) in [5, 5.41) is 18.9. The van der Waals surface area contributed by atoms with Crippen LogP contribution in [0, 0.1) is 0 Å². The van der Waals surface area contributed by atoms with E-state index in [1.54, 1.807) is 18.2 Å². The molecule has 2 N–H and O–H groups in total. The van der Waals surface area contributed by atoms with Gasteiger partial charge in [-0.2, -0.15) is 0 Å². The minimum Gasteiger partial charge on any atom is -0.423 e. The minimum absolute atomic E-state index is 0.399. The minimum atomic E-state index is -1.54. The molecule has 27 heavy (non-hydrogen) atoms. The third kappa shape index (κ3) is 3.87. The van der Waals surface area contributed by atoms with Crippen LogP contribution in [0.5, 0.6) is 0 Å². The highest BCUT2D eigenvalue weighted by Crippen LogP contribution is 2.25. The van der Waals surface area contributed by atoms with Crippen LogP contribution in [-0.2, 0) is 0 Å². The normalized spacial score (nSPS) is 13.3. The Morgan fingerprint density at radius 1 is 0.778 bits per heavy atom. The van der Waals surface area contributed by atoms with E-state index in [1.807, 2.05) is 48.6 Å². The molecule has 0 saturated heterocycles. The number of nitrogens with zero attached hydrogens (tertiary/aromatic N) is 3. The third-order valence-corrected chi connectivity index (χ3v) is 4.41. The summed E-state index contributed by atoms with van der Waals surface area (Å²) in [6, 6.07) is 16.7. The summed E-state index contributed by atoms with van der Waals surface area (Å²) in [5.41, 5.74) is 3.09. The summed E-state index contributed by atoms with van der Waals surface area (Å²) in [4.78, 5) is 14.0. The first-order valence-corrected chi connectivity index (χ1v) is 8.85. The second-order valence-corrected chi connectivity index (χ2v) is 6.33. The quantitative estimate of drug-likeness (QED) is 0.704. The maximum atomic E-state index is 9.47. The monoisotopic (exact) mass is 355 g/mol. The van der Waals surface area contributed by atoms with Crippen molar-refractivity contribution in [1.82, 2.24) is 15.0 Å². The molecule has 4 rings (SSSR count). The average Bonchev–Trinajstić information content (AvgIpc) is 2.75. The standard InChI is InChI=1S/C21H18BN3O2/c26-22(27)18-13-7-12-17(14-18)21-24-19(15-8-3-1-4-9-15)23-20(25-21)16-10-5-2-6-11-16/h1-5,7-10,12-14,26-27H,6,11H2. The van der Waals surface area contributed by atoms with Crippen molar-refractivity contribution in [2.75, 3.05) is 0 Å². The lowest BCUT2D eigenvalue weighted by Gasteiger charge is -2.12. The van der Waals surface area contributed by atoms with Gasteiger partial charge >= 0.3 is 7.12 Å². The molecule has 0 bridgehead atoms. The number of allylic oxidation sites excluding steroid dienone is 4. The van der Waals surface area contributed by atoms with Gasteiger partial charge in [0.25, 0.3) is 0 Å². The van der Waals surface area contributed by atoms with Gasteiger partial charge in [-0.15, -0.1) is 0 Å². The highest BCUT2D eigenvalue weighted by atomic mass is 16.4. The first-order chi connectivity index (χ1) is 13.2. The molecule has 0 radical (unpaired) electrons. The van der Waals surface area contributed by atoms with Gasteiger partial charge in [0.05, 0.1) is 0 Å². The predicted molar refractivity (Wildman–Crippen MR) is 107 cm³/mol. The Labute approximate surface area is 157 Å². The highest BCUT2D eigenvalue weighted by Gasteiger charge is 2.16. The fourth-order valence-electron chi connectivity index (χ4n) is 2.99. The molecular weight excluding hydrogens is 337 g/mol. The van der Waals surface area contributed by atoms with E-state index >= 15 is 0 Å². The molecule has 0 atom stereocenters. The van der Waals surface area contributed by atoms with E-state index in [0.29, 0.717) is 28.5 Å². The van der Waals surface area contributed by atoms with Gasteiger partial charge in [0.1, 0.15) is 0 Å². The lowest BCUT2D eigenvalue weighted by molar-refractivity contribution is 0.426. The topological polar surface area (TPSA) is 79.1 Å². The Bertz CT molecular complexity index is 1020. The van der Waals surface area contributed by atoms with Crippen molar-refractivity contribution in [2.45, 2.75) is 12.8 Å². The van der Waals surface area contributed by atoms with Gasteiger partial charge in [-0.3, -0.25) is 0 Å². The maximum absolute atomic E-state index is 9.47. The molecule has 0 fully saturated rings. The molecule has 5 nitrogen and oxygen atoms in total. The summed E-state index contributed by atoms with van der Waals surface area (Å²) >= 11 is 0. The van der Waals surface area contributed by atoms with Gasteiger partial charge in [0, 0.05) is 11.1 Å². The second kappa shape index (κ2) is 7.66. The molecule has 1 aliphatic carbocycles. The number of hydrogen-bond donors (Lipinski definition) is 2. The predicted octanol–water partition coefficient (Wildman–Crippen LogP) is 2.62. The van der Waals surface area contributed by atoms with E-state index in [4.69, 9.17) is 0 Å². The number of aromatic nitrogens is 3. The van der Waals surface area contributed by atoms with Gasteiger partial charge in [0.15, 0.2) is 17.5 Å². The van der Waals surface area contributed by atoms with Crippen LogP contribution in [0.15, 0.2) is 72.8 Å². The number of hydrogen-bond acceptors (Lipinski definition) is 5. The number of benzene rings is 2. The van der Waals surface area contributed by atoms with E-state index in [0.717, 1.165) is 24.0 Å². The van der Waals surface area contributed by atoms with Crippen LogP contribution in [0.4, 0.5) is 0 Å². The molecule has 0 unspecified atom stereocenters. The molecular formula is C21H18BN3O2. The van der Waals surface area contributed by atoms with Crippen molar-refractivity contribution >= 4 is 18.2 Å². The van der Waals surface area contributed by atoms with Crippen LogP contribution >= 0.6 is 0 Å². The van der Waals surface area contributed by atoms with Crippen LogP contribution in [0.3, 0.4) is 0 Å². The molecule has 1 heterocycles. The Kier molecular flexibility index (Phi) is 4.92. The maximum Gasteiger partial charge on any atom is 0.488 e. The van der Waals surface area contributed by atoms with Gasteiger partial charge in [-0.05, 0) is 23.9 Å². The van der Waals surface area contributed by atoms with Crippen LogP contribution in [0.25, 0.3) is 28.3 Å². The van der Waals surface area contributed by atoms with Crippen molar-refractivity contribution in [3.8, 4) is 22.8 Å². The summed E-state index contributed by atoms with van der Waals surface area (Å²) < 4.78 is 0. The number of rotatable bonds is 4. The molecule has 0 amide bonds. The van der Waals surface area contributed by atoms with E-state index in [2.05, 4.69) is 21.0 Å². The molecule has 6 heteroatoms. The van der Waals surface area contributed by atoms with E-state index in [-0.39, 0.29) is 0 Å². The SMILES string of the molecule is OB(O)c1cccc(-c2nc(C3=CC=CCC3)nc(-c3ccccc3)n2)c1. The van der Waals surface area contributed by atoms with Crippen LogP contribution in [0.2, 0.25) is 0 Å². The lowest BCUT2D eigenvalue weighted by Crippen LogP contribution is -2.29. The Balaban J connectivity index is 1.87. The zero-order valence-corrected chi connectivity index (χ0v) is 14.7. The largest absolute Gasteiger partial charge is 0.488 e. The van der Waals surface area contributed by atoms with Crippen LogP contribution < -0.4 is 5.46 Å². The van der Waals surface area contributed by atoms with E-state index in [9.17, 15) is 10.0 Å². The third-order valence-electron chi connectivity index (χ3n) is 4.41. The summed E-state index contributed by atoms with van der Waals surface area (Å²) in [5.74, 6) is 1.76. The first kappa shape index (κ1) is 17.3. The van der Waals surface area contributed by atoms with Gasteiger partial charge in [-0.25, -0.2) is 15.0 Å². The van der Waals surface area contributed by atoms with Gasteiger partial charge in [-0.1, -0.05) is 72.8 Å². The molecule has 3 aromatic rings. The van der Waals surface area contributed by atoms with Crippen LogP contribution in [-0.4, -0.2) is 32.1 Å². The molecule has 1 aliphatic rings. The fourth-order valence-corrected chi connectivity index (χ4v) is 2.99.